The van der Waals surface area contributed by atoms with Crippen molar-refractivity contribution >= 4 is 28.5 Å². The van der Waals surface area contributed by atoms with E-state index in [1.807, 2.05) is 30.0 Å². The fraction of sp³-hybridized carbons (Fsp3) is 0.333. The molecule has 1 amide bonds. The summed E-state index contributed by atoms with van der Waals surface area (Å²) < 4.78 is 10.9. The van der Waals surface area contributed by atoms with E-state index >= 15 is 0 Å². The zero-order chi connectivity index (χ0) is 22.0. The van der Waals surface area contributed by atoms with Crippen molar-refractivity contribution in [3.63, 3.8) is 0 Å². The van der Waals surface area contributed by atoms with E-state index in [4.69, 9.17) is 20.8 Å². The number of hydrogen-bond donors (Lipinski definition) is 0. The van der Waals surface area contributed by atoms with Crippen LogP contribution < -0.4 is 10.4 Å². The van der Waals surface area contributed by atoms with E-state index in [2.05, 4.69) is 24.0 Å². The second-order valence-electron chi connectivity index (χ2n) is 7.82. The average molecular weight is 441 g/mol. The molecule has 4 rings (SSSR count). The number of amides is 1. The third-order valence-electron chi connectivity index (χ3n) is 5.85. The van der Waals surface area contributed by atoms with Gasteiger partial charge >= 0.3 is 5.63 Å². The summed E-state index contributed by atoms with van der Waals surface area (Å²) in [4.78, 5) is 28.5. The van der Waals surface area contributed by atoms with Crippen LogP contribution in [0.1, 0.15) is 24.1 Å². The van der Waals surface area contributed by atoms with Crippen molar-refractivity contribution < 1.29 is 13.9 Å². The van der Waals surface area contributed by atoms with Crippen LogP contribution in [0.2, 0.25) is 5.02 Å². The molecule has 1 fully saturated rings. The van der Waals surface area contributed by atoms with Crippen molar-refractivity contribution in [3.05, 3.63) is 75.1 Å². The van der Waals surface area contributed by atoms with Crippen LogP contribution >= 0.6 is 11.6 Å². The summed E-state index contributed by atoms with van der Waals surface area (Å²) in [5.41, 5.74) is 2.01. The average Bonchev–Trinajstić information content (AvgIpc) is 2.78. The minimum Gasteiger partial charge on any atom is -0.482 e. The molecule has 1 aliphatic rings. The maximum absolute atomic E-state index is 12.7. The Morgan fingerprint density at radius 2 is 1.84 bits per heavy atom. The number of rotatable bonds is 5. The van der Waals surface area contributed by atoms with Gasteiger partial charge in [-0.1, -0.05) is 41.9 Å². The number of fused-ring (bicyclic) bond motifs is 1. The molecular formula is C24H25ClN2O4. The van der Waals surface area contributed by atoms with Gasteiger partial charge < -0.3 is 14.1 Å². The van der Waals surface area contributed by atoms with Crippen LogP contribution in [0.4, 0.5) is 0 Å². The van der Waals surface area contributed by atoms with E-state index in [0.717, 1.165) is 24.0 Å². The number of aryl methyl sites for hydroxylation is 1. The molecule has 7 heteroatoms. The van der Waals surface area contributed by atoms with Gasteiger partial charge in [-0.2, -0.15) is 0 Å². The molecule has 3 aromatic rings. The third kappa shape index (κ3) is 4.75. The molecule has 0 saturated carbocycles. The Morgan fingerprint density at radius 1 is 1.13 bits per heavy atom. The van der Waals surface area contributed by atoms with Crippen LogP contribution in [0.3, 0.4) is 0 Å². The molecule has 1 aromatic heterocycles. The second kappa shape index (κ2) is 9.12. The highest BCUT2D eigenvalue weighted by molar-refractivity contribution is 6.32. The number of nitrogens with zero attached hydrogens (tertiary/aromatic N) is 2. The lowest BCUT2D eigenvalue weighted by Gasteiger charge is -2.38. The Labute approximate surface area is 186 Å². The quantitative estimate of drug-likeness (QED) is 0.560. The molecule has 0 N–H and O–H groups in total. The highest BCUT2D eigenvalue weighted by Crippen LogP contribution is 2.31. The normalized spacial score (nSPS) is 15.8. The van der Waals surface area contributed by atoms with Crippen molar-refractivity contribution in [1.29, 1.82) is 0 Å². The molecule has 31 heavy (non-hydrogen) atoms. The monoisotopic (exact) mass is 440 g/mol. The zero-order valence-electron chi connectivity index (χ0n) is 17.6. The van der Waals surface area contributed by atoms with Crippen molar-refractivity contribution in [2.45, 2.75) is 19.9 Å². The summed E-state index contributed by atoms with van der Waals surface area (Å²) in [7, 11) is 0. The van der Waals surface area contributed by atoms with Crippen molar-refractivity contribution in [3.8, 4) is 5.75 Å². The number of piperazine rings is 1. The first-order chi connectivity index (χ1) is 14.9. The molecule has 0 aliphatic carbocycles. The highest BCUT2D eigenvalue weighted by atomic mass is 35.5. The Bertz CT molecular complexity index is 1140. The van der Waals surface area contributed by atoms with Gasteiger partial charge in [-0.3, -0.25) is 9.69 Å². The van der Waals surface area contributed by atoms with Gasteiger partial charge in [0.15, 0.2) is 6.61 Å². The molecule has 0 unspecified atom stereocenters. The summed E-state index contributed by atoms with van der Waals surface area (Å²) in [6, 6.07) is 15.4. The topological polar surface area (TPSA) is 63.0 Å². The largest absolute Gasteiger partial charge is 0.482 e. The maximum atomic E-state index is 12.7. The second-order valence-corrected chi connectivity index (χ2v) is 8.23. The molecular weight excluding hydrogens is 416 g/mol. The van der Waals surface area contributed by atoms with Crippen LogP contribution in [0, 0.1) is 6.92 Å². The van der Waals surface area contributed by atoms with Crippen molar-refractivity contribution in [1.82, 2.24) is 9.80 Å². The SMILES string of the molecule is Cc1cc(=O)oc2cc(OCC(=O)N3CCN([C@@H](C)c4ccccc4)CC3)c(Cl)cc12. The van der Waals surface area contributed by atoms with Gasteiger partial charge in [0.25, 0.3) is 5.91 Å². The van der Waals surface area contributed by atoms with Gasteiger partial charge in [-0.25, -0.2) is 4.79 Å². The molecule has 6 nitrogen and oxygen atoms in total. The van der Waals surface area contributed by atoms with Gasteiger partial charge in [0.2, 0.25) is 0 Å². The number of carbonyl (C=O) groups excluding carboxylic acids is 1. The number of benzene rings is 2. The van der Waals surface area contributed by atoms with Crippen molar-refractivity contribution in [2.24, 2.45) is 0 Å². The van der Waals surface area contributed by atoms with Crippen LogP contribution in [0.5, 0.6) is 5.75 Å². The van der Waals surface area contributed by atoms with Crippen LogP contribution in [-0.2, 0) is 4.79 Å². The molecule has 0 bridgehead atoms. The fourth-order valence-electron chi connectivity index (χ4n) is 3.96. The number of halogens is 1. The summed E-state index contributed by atoms with van der Waals surface area (Å²) >= 11 is 6.32. The molecule has 2 heterocycles. The van der Waals surface area contributed by atoms with Crippen LogP contribution in [-0.4, -0.2) is 48.5 Å². The lowest BCUT2D eigenvalue weighted by molar-refractivity contribution is -0.135. The Hall–Kier alpha value is -2.83. The Kier molecular flexibility index (Phi) is 6.30. The summed E-state index contributed by atoms with van der Waals surface area (Å²) in [6.45, 7) is 6.81. The molecule has 162 valence electrons. The van der Waals surface area contributed by atoms with Crippen LogP contribution in [0.15, 0.2) is 57.7 Å². The predicted molar refractivity (Wildman–Crippen MR) is 121 cm³/mol. The summed E-state index contributed by atoms with van der Waals surface area (Å²) in [5.74, 6) is 0.237. The van der Waals surface area contributed by atoms with Crippen LogP contribution in [0.25, 0.3) is 11.0 Å². The summed E-state index contributed by atoms with van der Waals surface area (Å²) in [5, 5.41) is 1.12. The summed E-state index contributed by atoms with van der Waals surface area (Å²) in [6.07, 6.45) is 0. The van der Waals surface area contributed by atoms with Gasteiger partial charge in [0.1, 0.15) is 11.3 Å². The lowest BCUT2D eigenvalue weighted by atomic mass is 10.1. The molecule has 2 aromatic carbocycles. The van der Waals surface area contributed by atoms with Gasteiger partial charge in [0.05, 0.1) is 5.02 Å². The predicted octanol–water partition coefficient (Wildman–Crippen LogP) is 4.04. The molecule has 0 radical (unpaired) electrons. The maximum Gasteiger partial charge on any atom is 0.336 e. The third-order valence-corrected chi connectivity index (χ3v) is 6.15. The fourth-order valence-corrected chi connectivity index (χ4v) is 4.18. The zero-order valence-corrected chi connectivity index (χ0v) is 18.4. The van der Waals surface area contributed by atoms with Gasteiger partial charge in [0, 0.05) is 49.7 Å². The number of carbonyl (C=O) groups is 1. The molecule has 0 spiro atoms. The molecule has 1 saturated heterocycles. The first-order valence-corrected chi connectivity index (χ1v) is 10.7. The van der Waals surface area contributed by atoms with E-state index in [-0.39, 0.29) is 12.5 Å². The van der Waals surface area contributed by atoms with Gasteiger partial charge in [-0.15, -0.1) is 0 Å². The van der Waals surface area contributed by atoms with E-state index in [0.29, 0.717) is 35.5 Å². The first-order valence-electron chi connectivity index (χ1n) is 10.4. The van der Waals surface area contributed by atoms with E-state index in [9.17, 15) is 9.59 Å². The minimum absolute atomic E-state index is 0.0890. The van der Waals surface area contributed by atoms with Crippen molar-refractivity contribution in [2.75, 3.05) is 32.8 Å². The smallest absolute Gasteiger partial charge is 0.336 e. The molecule has 1 aliphatic heterocycles. The van der Waals surface area contributed by atoms with E-state index < -0.39 is 5.63 Å². The first kappa shape index (κ1) is 21.4. The standard InChI is InChI=1S/C24H25ClN2O4/c1-16-12-24(29)31-21-14-22(20(25)13-19(16)21)30-15-23(28)27-10-8-26(9-11-27)17(2)18-6-4-3-5-7-18/h3-7,12-14,17H,8-11,15H2,1-2H3/t17-/m0/s1. The minimum atomic E-state index is -0.433. The van der Waals surface area contributed by atoms with Gasteiger partial charge in [-0.05, 0) is 31.0 Å². The lowest BCUT2D eigenvalue weighted by Crippen LogP contribution is -2.50. The Balaban J connectivity index is 1.36. The van der Waals surface area contributed by atoms with E-state index in [1.165, 1.54) is 11.6 Å². The Morgan fingerprint density at radius 3 is 2.55 bits per heavy atom. The molecule has 1 atom stereocenters. The number of ether oxygens (including phenoxy) is 1. The van der Waals surface area contributed by atoms with E-state index in [1.54, 1.807) is 12.1 Å². The number of hydrogen-bond acceptors (Lipinski definition) is 5. The highest BCUT2D eigenvalue weighted by Gasteiger charge is 2.25.